The van der Waals surface area contributed by atoms with E-state index >= 15 is 0 Å². The molecule has 0 unspecified atom stereocenters. The van der Waals surface area contributed by atoms with Crippen LogP contribution in [-0.2, 0) is 4.74 Å². The van der Waals surface area contributed by atoms with E-state index < -0.39 is 0 Å². The molecule has 0 saturated carbocycles. The number of methoxy groups -OCH3 is 1. The molecule has 2 aromatic rings. The van der Waals surface area contributed by atoms with E-state index in [1.807, 2.05) is 41.2 Å². The normalized spacial score (nSPS) is 10.6. The van der Waals surface area contributed by atoms with E-state index in [9.17, 15) is 4.79 Å². The molecule has 2 rings (SSSR count). The first kappa shape index (κ1) is 15.3. The molecule has 0 aliphatic heterocycles. The number of nitrogens with zero attached hydrogens (tertiary/aromatic N) is 2. The lowest BCUT2D eigenvalue weighted by molar-refractivity contribution is 0.0656. The summed E-state index contributed by atoms with van der Waals surface area (Å²) in [7, 11) is 1.59. The molecule has 1 aromatic heterocycles. The molecule has 0 aliphatic rings. The van der Waals surface area contributed by atoms with E-state index in [1.165, 1.54) is 0 Å². The Morgan fingerprint density at radius 3 is 2.43 bits per heavy atom. The summed E-state index contributed by atoms with van der Waals surface area (Å²) in [5, 5.41) is 9.06. The lowest BCUT2D eigenvalue weighted by Crippen LogP contribution is -2.36. The lowest BCUT2D eigenvalue weighted by atomic mass is 10.1. The van der Waals surface area contributed by atoms with E-state index in [2.05, 4.69) is 0 Å². The van der Waals surface area contributed by atoms with E-state index in [1.54, 1.807) is 24.1 Å². The standard InChI is InChI=1S/C16H20N2O3/c1-21-13-11-18(10-12-19)16(20)14-4-6-15(7-5-14)17-8-2-3-9-17/h2-9,19H,10-13H2,1H3. The van der Waals surface area contributed by atoms with Crippen LogP contribution in [-0.4, -0.2) is 53.9 Å². The fourth-order valence-corrected chi connectivity index (χ4v) is 2.10. The average Bonchev–Trinajstić information content (AvgIpc) is 3.05. The second-order valence-electron chi connectivity index (χ2n) is 4.65. The largest absolute Gasteiger partial charge is 0.395 e. The van der Waals surface area contributed by atoms with Gasteiger partial charge in [0.15, 0.2) is 0 Å². The number of carbonyl (C=O) groups is 1. The molecule has 0 atom stereocenters. The van der Waals surface area contributed by atoms with Crippen LogP contribution < -0.4 is 0 Å². The van der Waals surface area contributed by atoms with Gasteiger partial charge in [-0.3, -0.25) is 4.79 Å². The van der Waals surface area contributed by atoms with Crippen molar-refractivity contribution in [2.75, 3.05) is 33.4 Å². The first-order valence-electron chi connectivity index (χ1n) is 6.88. The maximum atomic E-state index is 12.4. The van der Waals surface area contributed by atoms with Crippen molar-refractivity contribution >= 4 is 5.91 Å². The smallest absolute Gasteiger partial charge is 0.254 e. The molecule has 5 nitrogen and oxygen atoms in total. The fraction of sp³-hybridized carbons (Fsp3) is 0.312. The van der Waals surface area contributed by atoms with Gasteiger partial charge in [-0.15, -0.1) is 0 Å². The van der Waals surface area contributed by atoms with Gasteiger partial charge >= 0.3 is 0 Å². The van der Waals surface area contributed by atoms with Crippen LogP contribution in [0.2, 0.25) is 0 Å². The molecule has 5 heteroatoms. The molecule has 1 aromatic carbocycles. The van der Waals surface area contributed by atoms with E-state index in [-0.39, 0.29) is 12.5 Å². The number of hydrogen-bond acceptors (Lipinski definition) is 3. The predicted molar refractivity (Wildman–Crippen MR) is 80.6 cm³/mol. The average molecular weight is 288 g/mol. The Balaban J connectivity index is 2.10. The number of rotatable bonds is 7. The summed E-state index contributed by atoms with van der Waals surface area (Å²) < 4.78 is 6.97. The summed E-state index contributed by atoms with van der Waals surface area (Å²) in [5.41, 5.74) is 1.61. The Morgan fingerprint density at radius 1 is 1.19 bits per heavy atom. The number of aliphatic hydroxyl groups is 1. The minimum Gasteiger partial charge on any atom is -0.395 e. The van der Waals surface area contributed by atoms with Gasteiger partial charge in [-0.1, -0.05) is 0 Å². The summed E-state index contributed by atoms with van der Waals surface area (Å²) in [6.45, 7) is 1.17. The first-order valence-corrected chi connectivity index (χ1v) is 6.88. The highest BCUT2D eigenvalue weighted by Crippen LogP contribution is 2.12. The third-order valence-corrected chi connectivity index (χ3v) is 3.24. The highest BCUT2D eigenvalue weighted by Gasteiger charge is 2.14. The van der Waals surface area contributed by atoms with E-state index in [0.717, 1.165) is 5.69 Å². The summed E-state index contributed by atoms with van der Waals surface area (Å²) >= 11 is 0. The summed E-state index contributed by atoms with van der Waals surface area (Å²) in [5.74, 6) is -0.0971. The van der Waals surface area contributed by atoms with Gasteiger partial charge in [0.1, 0.15) is 0 Å². The van der Waals surface area contributed by atoms with Gasteiger partial charge in [-0.25, -0.2) is 0 Å². The van der Waals surface area contributed by atoms with Gasteiger partial charge in [0.25, 0.3) is 5.91 Å². The molecular formula is C16H20N2O3. The molecule has 1 heterocycles. The van der Waals surface area contributed by atoms with Crippen LogP contribution in [0.5, 0.6) is 0 Å². The maximum Gasteiger partial charge on any atom is 0.254 e. The van der Waals surface area contributed by atoms with Crippen molar-refractivity contribution in [2.45, 2.75) is 0 Å². The maximum absolute atomic E-state index is 12.4. The van der Waals surface area contributed by atoms with Crippen LogP contribution in [0.3, 0.4) is 0 Å². The van der Waals surface area contributed by atoms with Crippen LogP contribution >= 0.6 is 0 Å². The van der Waals surface area contributed by atoms with Crippen molar-refractivity contribution in [3.8, 4) is 5.69 Å². The molecular weight excluding hydrogens is 268 g/mol. The Hall–Kier alpha value is -2.11. The highest BCUT2D eigenvalue weighted by molar-refractivity contribution is 5.94. The van der Waals surface area contributed by atoms with Gasteiger partial charge in [0, 0.05) is 43.8 Å². The van der Waals surface area contributed by atoms with Crippen molar-refractivity contribution < 1.29 is 14.6 Å². The number of aromatic nitrogens is 1. The van der Waals surface area contributed by atoms with Crippen molar-refractivity contribution in [2.24, 2.45) is 0 Å². The van der Waals surface area contributed by atoms with Gasteiger partial charge in [-0.2, -0.15) is 0 Å². The van der Waals surface area contributed by atoms with Crippen LogP contribution in [0.4, 0.5) is 0 Å². The molecule has 112 valence electrons. The summed E-state index contributed by atoms with van der Waals surface area (Å²) in [6, 6.07) is 11.3. The van der Waals surface area contributed by atoms with Gasteiger partial charge in [0.05, 0.1) is 13.2 Å². The number of amides is 1. The number of benzene rings is 1. The Kier molecular flexibility index (Phi) is 5.54. The first-order chi connectivity index (χ1) is 10.3. The van der Waals surface area contributed by atoms with Gasteiger partial charge in [0.2, 0.25) is 0 Å². The zero-order valence-electron chi connectivity index (χ0n) is 12.1. The second kappa shape index (κ2) is 7.61. The number of aliphatic hydroxyl groups excluding tert-OH is 1. The molecule has 0 aliphatic carbocycles. The fourth-order valence-electron chi connectivity index (χ4n) is 2.10. The molecule has 21 heavy (non-hydrogen) atoms. The molecule has 0 radical (unpaired) electrons. The van der Waals surface area contributed by atoms with Crippen molar-refractivity contribution in [1.29, 1.82) is 0 Å². The third-order valence-electron chi connectivity index (χ3n) is 3.24. The van der Waals surface area contributed by atoms with Gasteiger partial charge < -0.3 is 19.3 Å². The van der Waals surface area contributed by atoms with Crippen LogP contribution in [0.15, 0.2) is 48.8 Å². The van der Waals surface area contributed by atoms with E-state index in [4.69, 9.17) is 9.84 Å². The van der Waals surface area contributed by atoms with Crippen molar-refractivity contribution in [3.63, 3.8) is 0 Å². The van der Waals surface area contributed by atoms with Crippen LogP contribution in [0.25, 0.3) is 5.69 Å². The Labute approximate surface area is 124 Å². The Bertz CT molecular complexity index is 549. The molecule has 0 bridgehead atoms. The topological polar surface area (TPSA) is 54.7 Å². The number of carbonyl (C=O) groups excluding carboxylic acids is 1. The third kappa shape index (κ3) is 3.93. The minimum absolute atomic E-state index is 0.0586. The van der Waals surface area contributed by atoms with Crippen molar-refractivity contribution in [1.82, 2.24) is 9.47 Å². The second-order valence-corrected chi connectivity index (χ2v) is 4.65. The SMILES string of the molecule is COCCN(CCO)C(=O)c1ccc(-n2cccc2)cc1. The van der Waals surface area contributed by atoms with E-state index in [0.29, 0.717) is 25.3 Å². The summed E-state index contributed by atoms with van der Waals surface area (Å²) in [6.07, 6.45) is 3.90. The molecule has 1 amide bonds. The lowest BCUT2D eigenvalue weighted by Gasteiger charge is -2.21. The zero-order valence-corrected chi connectivity index (χ0v) is 12.1. The van der Waals surface area contributed by atoms with Crippen LogP contribution in [0, 0.1) is 0 Å². The monoisotopic (exact) mass is 288 g/mol. The van der Waals surface area contributed by atoms with Crippen molar-refractivity contribution in [3.05, 3.63) is 54.4 Å². The number of ether oxygens (including phenoxy) is 1. The molecule has 0 saturated heterocycles. The van der Waals surface area contributed by atoms with Crippen LogP contribution in [0.1, 0.15) is 10.4 Å². The number of hydrogen-bond donors (Lipinski definition) is 1. The van der Waals surface area contributed by atoms with Gasteiger partial charge in [-0.05, 0) is 36.4 Å². The minimum atomic E-state index is -0.0971. The Morgan fingerprint density at radius 2 is 1.86 bits per heavy atom. The molecule has 0 spiro atoms. The summed E-state index contributed by atoms with van der Waals surface area (Å²) in [4.78, 5) is 14.0. The molecule has 0 fully saturated rings. The molecule has 1 N–H and O–H groups in total. The highest BCUT2D eigenvalue weighted by atomic mass is 16.5. The predicted octanol–water partition coefficient (Wildman–Crippen LogP) is 1.56. The zero-order chi connectivity index (χ0) is 15.1. The quantitative estimate of drug-likeness (QED) is 0.841.